The number of anilines is 1. The zero-order valence-electron chi connectivity index (χ0n) is 22.9. The highest BCUT2D eigenvalue weighted by atomic mass is 16.5. The summed E-state index contributed by atoms with van der Waals surface area (Å²) in [6, 6.07) is 6.62. The number of nitrogens with one attached hydrogen (secondary N) is 2. The highest BCUT2D eigenvalue weighted by Crippen LogP contribution is 2.56. The van der Waals surface area contributed by atoms with Crippen molar-refractivity contribution in [3.8, 4) is 5.75 Å². The maximum atomic E-state index is 14.3. The van der Waals surface area contributed by atoms with Crippen LogP contribution in [0.25, 0.3) is 0 Å². The molecule has 2 bridgehead atoms. The van der Waals surface area contributed by atoms with Gasteiger partial charge in [0.2, 0.25) is 17.7 Å². The zero-order chi connectivity index (χ0) is 27.0. The van der Waals surface area contributed by atoms with Crippen LogP contribution in [0, 0.1) is 11.8 Å². The molecule has 8 nitrogen and oxygen atoms in total. The van der Waals surface area contributed by atoms with Crippen molar-refractivity contribution in [2.75, 3.05) is 11.9 Å². The van der Waals surface area contributed by atoms with Gasteiger partial charge in [-0.25, -0.2) is 0 Å². The molecule has 5 atom stereocenters. The number of carbonyl (C=O) groups is 3. The van der Waals surface area contributed by atoms with E-state index < -0.39 is 29.6 Å². The molecule has 0 unspecified atom stereocenters. The Kier molecular flexibility index (Phi) is 7.40. The number of fused-ring (bicyclic) bond motifs is 1. The highest BCUT2D eigenvalue weighted by Gasteiger charge is 2.73. The van der Waals surface area contributed by atoms with Gasteiger partial charge in [0.15, 0.2) is 0 Å². The minimum absolute atomic E-state index is 0.00653. The number of rotatable bonds is 7. The van der Waals surface area contributed by atoms with Crippen molar-refractivity contribution in [1.29, 1.82) is 0 Å². The number of likely N-dealkylation sites (tertiary alicyclic amines) is 1. The van der Waals surface area contributed by atoms with Gasteiger partial charge in [0.1, 0.15) is 17.4 Å². The Morgan fingerprint density at radius 3 is 2.33 bits per heavy atom. The molecule has 0 radical (unpaired) electrons. The van der Waals surface area contributed by atoms with Crippen LogP contribution in [0.5, 0.6) is 5.75 Å². The molecule has 1 aromatic carbocycles. The molecule has 2 aliphatic carbocycles. The lowest BCUT2D eigenvalue weighted by Crippen LogP contribution is -2.58. The summed E-state index contributed by atoms with van der Waals surface area (Å²) in [5.74, 6) is -1.14. The lowest BCUT2D eigenvalue weighted by molar-refractivity contribution is -0.144. The van der Waals surface area contributed by atoms with Gasteiger partial charge < -0.3 is 25.0 Å². The van der Waals surface area contributed by atoms with E-state index in [0.29, 0.717) is 12.3 Å². The van der Waals surface area contributed by atoms with Crippen molar-refractivity contribution in [2.24, 2.45) is 11.8 Å². The minimum atomic E-state index is -1.10. The van der Waals surface area contributed by atoms with Crippen molar-refractivity contribution >= 4 is 23.4 Å². The van der Waals surface area contributed by atoms with Gasteiger partial charge >= 0.3 is 0 Å². The maximum Gasteiger partial charge on any atom is 0.246 e. The number of nitrogens with zero attached hydrogens (tertiary/aromatic N) is 1. The number of hydrogen-bond acceptors (Lipinski definition) is 5. The smallest absolute Gasteiger partial charge is 0.246 e. The quantitative estimate of drug-likeness (QED) is 0.400. The number of ether oxygens (including phenoxy) is 2. The van der Waals surface area contributed by atoms with Crippen LogP contribution in [-0.2, 0) is 19.1 Å². The Balaban J connectivity index is 1.28. The zero-order valence-corrected chi connectivity index (χ0v) is 22.9. The summed E-state index contributed by atoms with van der Waals surface area (Å²) in [6.07, 6.45) is 14.8. The second-order valence-corrected chi connectivity index (χ2v) is 11.9. The molecule has 39 heavy (non-hydrogen) atoms. The van der Waals surface area contributed by atoms with Crippen LogP contribution in [0.2, 0.25) is 0 Å². The molecule has 5 aliphatic rings. The van der Waals surface area contributed by atoms with Crippen LogP contribution in [0.3, 0.4) is 0 Å². The predicted octanol–water partition coefficient (Wildman–Crippen LogP) is 4.35. The molecule has 2 N–H and O–H groups in total. The number of benzene rings is 1. The Labute approximate surface area is 230 Å². The van der Waals surface area contributed by atoms with Gasteiger partial charge in [-0.05, 0) is 56.9 Å². The van der Waals surface area contributed by atoms with Crippen molar-refractivity contribution in [2.45, 2.75) is 107 Å². The fourth-order valence-electron chi connectivity index (χ4n) is 7.69. The highest BCUT2D eigenvalue weighted by molar-refractivity contribution is 6.03. The predicted molar refractivity (Wildman–Crippen MR) is 147 cm³/mol. The first-order valence-corrected chi connectivity index (χ1v) is 15.1. The van der Waals surface area contributed by atoms with E-state index in [-0.39, 0.29) is 29.8 Å². The Hall–Kier alpha value is -2.87. The summed E-state index contributed by atoms with van der Waals surface area (Å²) in [4.78, 5) is 43.9. The third kappa shape index (κ3) is 4.75. The molecular weight excluding hydrogens is 494 g/mol. The Morgan fingerprint density at radius 2 is 1.64 bits per heavy atom. The normalized spacial score (nSPS) is 32.6. The summed E-state index contributed by atoms with van der Waals surface area (Å²) < 4.78 is 12.0. The molecule has 4 fully saturated rings. The fraction of sp³-hybridized carbons (Fsp3) is 0.645. The van der Waals surface area contributed by atoms with Crippen LogP contribution < -0.4 is 15.4 Å². The molecule has 1 spiro atoms. The molecule has 3 amide bonds. The largest absolute Gasteiger partial charge is 0.494 e. The van der Waals surface area contributed by atoms with E-state index in [9.17, 15) is 14.4 Å². The average molecular weight is 536 g/mol. The van der Waals surface area contributed by atoms with Gasteiger partial charge in [-0.2, -0.15) is 0 Å². The van der Waals surface area contributed by atoms with Crippen molar-refractivity contribution < 1.29 is 23.9 Å². The molecule has 8 heteroatoms. The van der Waals surface area contributed by atoms with E-state index in [1.54, 1.807) is 12.1 Å². The van der Waals surface area contributed by atoms with Gasteiger partial charge in [-0.15, -0.1) is 0 Å². The molecule has 210 valence electrons. The van der Waals surface area contributed by atoms with E-state index in [0.717, 1.165) is 70.0 Å². The lowest BCUT2D eigenvalue weighted by Gasteiger charge is -2.37. The van der Waals surface area contributed by atoms with E-state index in [1.165, 1.54) is 6.42 Å². The SMILES string of the molecule is CCOc1ccc(NC(=O)[C@@H]2[C@@H]3C=C[C@]4(O3)[C@@H]2C(=O)N(C2CCCCCC2)[C@H]4C(=O)NC2CCCCC2)cc1. The van der Waals surface area contributed by atoms with Crippen LogP contribution >= 0.6 is 0 Å². The van der Waals surface area contributed by atoms with E-state index >= 15 is 0 Å². The van der Waals surface area contributed by atoms with Gasteiger partial charge in [-0.1, -0.05) is 57.1 Å². The molecule has 6 rings (SSSR count). The first-order chi connectivity index (χ1) is 19.0. The second-order valence-electron chi connectivity index (χ2n) is 11.9. The molecule has 2 saturated carbocycles. The number of hydrogen-bond donors (Lipinski definition) is 2. The van der Waals surface area contributed by atoms with Crippen LogP contribution in [0.1, 0.15) is 77.6 Å². The van der Waals surface area contributed by atoms with Crippen molar-refractivity contribution in [3.63, 3.8) is 0 Å². The van der Waals surface area contributed by atoms with Gasteiger partial charge in [-0.3, -0.25) is 14.4 Å². The lowest BCUT2D eigenvalue weighted by atomic mass is 9.74. The number of carbonyl (C=O) groups excluding carboxylic acids is 3. The first-order valence-electron chi connectivity index (χ1n) is 15.1. The Bertz CT molecular complexity index is 1110. The third-order valence-corrected chi connectivity index (χ3v) is 9.47. The van der Waals surface area contributed by atoms with E-state index in [4.69, 9.17) is 9.47 Å². The van der Waals surface area contributed by atoms with E-state index in [1.807, 2.05) is 36.1 Å². The summed E-state index contributed by atoms with van der Waals surface area (Å²) in [6.45, 7) is 2.49. The molecular formula is C31H41N3O5. The van der Waals surface area contributed by atoms with Crippen LogP contribution in [-0.4, -0.2) is 59.1 Å². The summed E-state index contributed by atoms with van der Waals surface area (Å²) in [5, 5.41) is 6.30. The van der Waals surface area contributed by atoms with Gasteiger partial charge in [0, 0.05) is 17.8 Å². The maximum absolute atomic E-state index is 14.3. The third-order valence-electron chi connectivity index (χ3n) is 9.47. The number of amides is 3. The van der Waals surface area contributed by atoms with E-state index in [2.05, 4.69) is 10.6 Å². The fourth-order valence-corrected chi connectivity index (χ4v) is 7.69. The van der Waals surface area contributed by atoms with Gasteiger partial charge in [0.05, 0.1) is 24.5 Å². The van der Waals surface area contributed by atoms with Crippen LogP contribution in [0.15, 0.2) is 36.4 Å². The van der Waals surface area contributed by atoms with Crippen LogP contribution in [0.4, 0.5) is 5.69 Å². The molecule has 0 aromatic heterocycles. The standard InChI is InChI=1S/C31H41N3O5/c1-2-38-23-16-14-21(15-17-23)32-28(35)25-24-18-19-31(39-24)26(25)30(37)34(22-12-8-3-4-9-13-22)27(31)29(36)33-20-10-6-5-7-11-20/h14-20,22,24-27H,2-13H2,1H3,(H,32,35)(H,33,36)/t24-,25+,26-,27-,31-/m0/s1. The summed E-state index contributed by atoms with van der Waals surface area (Å²) in [7, 11) is 0. The molecule has 1 aromatic rings. The van der Waals surface area contributed by atoms with Crippen molar-refractivity contribution in [3.05, 3.63) is 36.4 Å². The minimum Gasteiger partial charge on any atom is -0.494 e. The molecule has 3 aliphatic heterocycles. The molecule has 3 heterocycles. The topological polar surface area (TPSA) is 97.0 Å². The average Bonchev–Trinajstić information content (AvgIpc) is 3.49. The Morgan fingerprint density at radius 1 is 0.974 bits per heavy atom. The summed E-state index contributed by atoms with van der Waals surface area (Å²) >= 11 is 0. The summed E-state index contributed by atoms with van der Waals surface area (Å²) in [5.41, 5.74) is -0.463. The van der Waals surface area contributed by atoms with Crippen molar-refractivity contribution in [1.82, 2.24) is 10.2 Å². The second kappa shape index (κ2) is 11.0. The molecule has 2 saturated heterocycles. The first kappa shape index (κ1) is 26.4. The van der Waals surface area contributed by atoms with Gasteiger partial charge in [0.25, 0.3) is 0 Å². The monoisotopic (exact) mass is 535 g/mol.